The van der Waals surface area contributed by atoms with E-state index in [9.17, 15) is 9.59 Å². The molecule has 0 aliphatic carbocycles. The smallest absolute Gasteiger partial charge is 0.257 e. The summed E-state index contributed by atoms with van der Waals surface area (Å²) >= 11 is 0. The maximum atomic E-state index is 13.4. The molecule has 148 valence electrons. The molecule has 1 aliphatic rings. The van der Waals surface area contributed by atoms with Gasteiger partial charge in [0.15, 0.2) is 6.10 Å². The number of aryl methyl sites for hydroxylation is 1. The lowest BCUT2D eigenvalue weighted by molar-refractivity contribution is -0.133. The van der Waals surface area contributed by atoms with Gasteiger partial charge in [-0.25, -0.2) is 4.68 Å². The lowest BCUT2D eigenvalue weighted by Gasteiger charge is -2.31. The SMILES string of the molecule is Cc1ccccc1-c1nn(-c2ccccc2)cc1C(=O)N1CCOC(C(N)=O)C1. The van der Waals surface area contributed by atoms with Crippen LogP contribution in [0.25, 0.3) is 16.9 Å². The van der Waals surface area contributed by atoms with Gasteiger partial charge >= 0.3 is 0 Å². The van der Waals surface area contributed by atoms with Crippen LogP contribution >= 0.6 is 0 Å². The summed E-state index contributed by atoms with van der Waals surface area (Å²) < 4.78 is 7.08. The third kappa shape index (κ3) is 3.77. The number of carbonyl (C=O) groups excluding carboxylic acids is 2. The highest BCUT2D eigenvalue weighted by molar-refractivity contribution is 6.00. The Bertz CT molecular complexity index is 1050. The molecule has 2 heterocycles. The lowest BCUT2D eigenvalue weighted by atomic mass is 10.0. The van der Waals surface area contributed by atoms with Crippen LogP contribution < -0.4 is 5.73 Å². The highest BCUT2D eigenvalue weighted by atomic mass is 16.5. The molecular weight excluding hydrogens is 368 g/mol. The lowest BCUT2D eigenvalue weighted by Crippen LogP contribution is -2.50. The first-order valence-corrected chi connectivity index (χ1v) is 9.46. The van der Waals surface area contributed by atoms with Crippen LogP contribution in [-0.2, 0) is 9.53 Å². The average Bonchev–Trinajstić information content (AvgIpc) is 3.19. The van der Waals surface area contributed by atoms with Crippen molar-refractivity contribution in [1.29, 1.82) is 0 Å². The maximum Gasteiger partial charge on any atom is 0.257 e. The van der Waals surface area contributed by atoms with Crippen LogP contribution in [0.4, 0.5) is 0 Å². The number of para-hydroxylation sites is 1. The van der Waals surface area contributed by atoms with Gasteiger partial charge in [-0.3, -0.25) is 9.59 Å². The summed E-state index contributed by atoms with van der Waals surface area (Å²) in [5, 5.41) is 4.73. The normalized spacial score (nSPS) is 16.6. The summed E-state index contributed by atoms with van der Waals surface area (Å²) in [5.41, 5.74) is 9.24. The van der Waals surface area contributed by atoms with E-state index in [1.807, 2.05) is 61.5 Å². The molecule has 1 saturated heterocycles. The zero-order valence-corrected chi connectivity index (χ0v) is 16.1. The fourth-order valence-electron chi connectivity index (χ4n) is 3.46. The van der Waals surface area contributed by atoms with E-state index in [1.165, 1.54) is 0 Å². The van der Waals surface area contributed by atoms with E-state index < -0.39 is 12.0 Å². The number of nitrogens with zero attached hydrogens (tertiary/aromatic N) is 3. The molecule has 1 aromatic heterocycles. The van der Waals surface area contributed by atoms with Crippen molar-refractivity contribution in [2.24, 2.45) is 5.73 Å². The molecule has 0 radical (unpaired) electrons. The first-order valence-electron chi connectivity index (χ1n) is 9.46. The van der Waals surface area contributed by atoms with Crippen molar-refractivity contribution < 1.29 is 14.3 Å². The molecule has 2 amide bonds. The summed E-state index contributed by atoms with van der Waals surface area (Å²) in [4.78, 5) is 26.5. The number of rotatable bonds is 4. The molecule has 2 aromatic carbocycles. The molecule has 0 saturated carbocycles. The molecule has 2 N–H and O–H groups in total. The molecule has 0 bridgehead atoms. The van der Waals surface area contributed by atoms with Crippen molar-refractivity contribution in [2.45, 2.75) is 13.0 Å². The number of benzene rings is 2. The van der Waals surface area contributed by atoms with Crippen LogP contribution in [0.15, 0.2) is 60.8 Å². The van der Waals surface area contributed by atoms with Gasteiger partial charge in [0, 0.05) is 18.3 Å². The zero-order valence-electron chi connectivity index (χ0n) is 16.1. The summed E-state index contributed by atoms with van der Waals surface area (Å²) in [7, 11) is 0. The Balaban J connectivity index is 1.77. The van der Waals surface area contributed by atoms with Crippen molar-refractivity contribution in [3.8, 4) is 16.9 Å². The highest BCUT2D eigenvalue weighted by Gasteiger charge is 2.31. The molecule has 29 heavy (non-hydrogen) atoms. The van der Waals surface area contributed by atoms with Gasteiger partial charge in [-0.15, -0.1) is 0 Å². The van der Waals surface area contributed by atoms with Gasteiger partial charge in [0.05, 0.1) is 24.4 Å². The van der Waals surface area contributed by atoms with Gasteiger partial charge in [-0.1, -0.05) is 42.5 Å². The van der Waals surface area contributed by atoms with E-state index in [2.05, 4.69) is 0 Å². The monoisotopic (exact) mass is 390 g/mol. The van der Waals surface area contributed by atoms with Crippen LogP contribution in [0.5, 0.6) is 0 Å². The van der Waals surface area contributed by atoms with Gasteiger partial charge in [0.1, 0.15) is 5.69 Å². The molecule has 1 fully saturated rings. The van der Waals surface area contributed by atoms with Gasteiger partial charge in [-0.2, -0.15) is 5.10 Å². The Hall–Kier alpha value is -3.45. The summed E-state index contributed by atoms with van der Waals surface area (Å²) in [5.74, 6) is -0.762. The standard InChI is InChI=1S/C22H22N4O3/c1-15-7-5-6-10-17(15)20-18(13-26(24-20)16-8-3-2-4-9-16)22(28)25-11-12-29-19(14-25)21(23)27/h2-10,13,19H,11-12,14H2,1H3,(H2,23,27). The Morgan fingerprint density at radius 1 is 1.10 bits per heavy atom. The van der Waals surface area contributed by atoms with E-state index in [0.29, 0.717) is 17.8 Å². The van der Waals surface area contributed by atoms with Crippen molar-refractivity contribution >= 4 is 11.8 Å². The Kier molecular flexibility index (Phi) is 5.14. The quantitative estimate of drug-likeness (QED) is 0.739. The number of ether oxygens (including phenoxy) is 1. The number of amides is 2. The number of hydrogen-bond donors (Lipinski definition) is 1. The maximum absolute atomic E-state index is 13.4. The third-order valence-corrected chi connectivity index (χ3v) is 5.04. The van der Waals surface area contributed by atoms with Crippen molar-refractivity contribution in [2.75, 3.05) is 19.7 Å². The summed E-state index contributed by atoms with van der Waals surface area (Å²) in [6.07, 6.45) is 0.951. The van der Waals surface area contributed by atoms with E-state index in [1.54, 1.807) is 15.8 Å². The average molecular weight is 390 g/mol. The van der Waals surface area contributed by atoms with E-state index in [4.69, 9.17) is 15.6 Å². The second-order valence-electron chi connectivity index (χ2n) is 7.00. The van der Waals surface area contributed by atoms with Crippen molar-refractivity contribution in [3.05, 3.63) is 71.9 Å². The fourth-order valence-corrected chi connectivity index (χ4v) is 3.46. The Morgan fingerprint density at radius 3 is 2.55 bits per heavy atom. The van der Waals surface area contributed by atoms with Gasteiger partial charge in [-0.05, 0) is 24.6 Å². The topological polar surface area (TPSA) is 90.4 Å². The van der Waals surface area contributed by atoms with E-state index in [-0.39, 0.29) is 19.1 Å². The fraction of sp³-hybridized carbons (Fsp3) is 0.227. The first kappa shape index (κ1) is 18.9. The van der Waals surface area contributed by atoms with Gasteiger partial charge in [0.25, 0.3) is 5.91 Å². The van der Waals surface area contributed by atoms with Crippen molar-refractivity contribution in [3.63, 3.8) is 0 Å². The molecule has 1 unspecified atom stereocenters. The van der Waals surface area contributed by atoms with Crippen LogP contribution in [0.3, 0.4) is 0 Å². The molecule has 7 nitrogen and oxygen atoms in total. The van der Waals surface area contributed by atoms with Crippen LogP contribution in [0.2, 0.25) is 0 Å². The second kappa shape index (κ2) is 7.89. The van der Waals surface area contributed by atoms with Crippen LogP contribution in [0.1, 0.15) is 15.9 Å². The highest BCUT2D eigenvalue weighted by Crippen LogP contribution is 2.28. The number of primary amides is 1. The minimum absolute atomic E-state index is 0.137. The van der Waals surface area contributed by atoms with E-state index in [0.717, 1.165) is 16.8 Å². The molecule has 0 spiro atoms. The number of hydrogen-bond acceptors (Lipinski definition) is 4. The number of carbonyl (C=O) groups is 2. The molecule has 4 rings (SSSR count). The summed E-state index contributed by atoms with van der Waals surface area (Å²) in [6, 6.07) is 17.5. The van der Waals surface area contributed by atoms with Crippen LogP contribution in [0, 0.1) is 6.92 Å². The number of nitrogens with two attached hydrogens (primary N) is 1. The molecule has 3 aromatic rings. The number of morpholine rings is 1. The molecule has 1 atom stereocenters. The predicted octanol–water partition coefficient (Wildman–Crippen LogP) is 2.17. The van der Waals surface area contributed by atoms with Gasteiger partial charge < -0.3 is 15.4 Å². The van der Waals surface area contributed by atoms with E-state index >= 15 is 0 Å². The Morgan fingerprint density at radius 2 is 1.83 bits per heavy atom. The first-order chi connectivity index (χ1) is 14.0. The third-order valence-electron chi connectivity index (χ3n) is 5.04. The van der Waals surface area contributed by atoms with Crippen molar-refractivity contribution in [1.82, 2.24) is 14.7 Å². The van der Waals surface area contributed by atoms with Crippen LogP contribution in [-0.4, -0.2) is 52.3 Å². The second-order valence-corrected chi connectivity index (χ2v) is 7.00. The number of aromatic nitrogens is 2. The molecular formula is C22H22N4O3. The zero-order chi connectivity index (χ0) is 20.4. The van der Waals surface area contributed by atoms with Gasteiger partial charge in [0.2, 0.25) is 5.91 Å². The largest absolute Gasteiger partial charge is 0.367 e. The molecule has 7 heteroatoms. The Labute approximate surface area is 168 Å². The predicted molar refractivity (Wildman–Crippen MR) is 109 cm³/mol. The minimum Gasteiger partial charge on any atom is -0.367 e. The minimum atomic E-state index is -0.793. The summed E-state index contributed by atoms with van der Waals surface area (Å²) in [6.45, 7) is 2.79. The molecule has 1 aliphatic heterocycles.